The fraction of sp³-hybridized carbons (Fsp3) is 0.118. The molecule has 21 heavy (non-hydrogen) atoms. The summed E-state index contributed by atoms with van der Waals surface area (Å²) in [7, 11) is 0. The number of fused-ring (bicyclic) bond motifs is 1. The van der Waals surface area contributed by atoms with Crippen LogP contribution < -0.4 is 5.32 Å². The number of rotatable bonds is 2. The number of carbonyl (C=O) groups is 1. The van der Waals surface area contributed by atoms with Crippen molar-refractivity contribution in [2.45, 2.75) is 13.8 Å². The number of anilines is 1. The zero-order chi connectivity index (χ0) is 15.0. The first-order valence-electron chi connectivity index (χ1n) is 6.71. The molecule has 3 nitrogen and oxygen atoms in total. The molecule has 0 aliphatic heterocycles. The number of nitrogens with one attached hydrogen (secondary N) is 2. The minimum absolute atomic E-state index is 0.185. The van der Waals surface area contributed by atoms with Gasteiger partial charge in [-0.15, -0.1) is 0 Å². The van der Waals surface area contributed by atoms with Crippen LogP contribution in [0.15, 0.2) is 42.5 Å². The number of halogens is 1. The van der Waals surface area contributed by atoms with Gasteiger partial charge in [0.25, 0.3) is 5.91 Å². The number of aryl methyl sites for hydroxylation is 2. The molecule has 0 spiro atoms. The predicted octanol–water partition coefficient (Wildman–Crippen LogP) is 4.18. The van der Waals surface area contributed by atoms with E-state index in [2.05, 4.69) is 10.3 Å². The summed E-state index contributed by atoms with van der Waals surface area (Å²) in [6.45, 7) is 4.00. The maximum Gasteiger partial charge on any atom is 0.255 e. The molecule has 106 valence electrons. The molecule has 0 bridgehead atoms. The van der Waals surface area contributed by atoms with E-state index < -0.39 is 5.82 Å². The van der Waals surface area contributed by atoms with Crippen LogP contribution in [-0.4, -0.2) is 10.9 Å². The Morgan fingerprint density at radius 1 is 1.14 bits per heavy atom. The number of aromatic amines is 1. The van der Waals surface area contributed by atoms with Crippen molar-refractivity contribution in [3.63, 3.8) is 0 Å². The number of amides is 1. The van der Waals surface area contributed by atoms with Crippen molar-refractivity contribution in [1.29, 1.82) is 0 Å². The predicted molar refractivity (Wildman–Crippen MR) is 82.1 cm³/mol. The van der Waals surface area contributed by atoms with Crippen LogP contribution in [0.25, 0.3) is 10.9 Å². The normalized spacial score (nSPS) is 10.8. The van der Waals surface area contributed by atoms with Crippen molar-refractivity contribution in [1.82, 2.24) is 4.98 Å². The number of para-hydroxylation sites is 1. The van der Waals surface area contributed by atoms with Gasteiger partial charge < -0.3 is 10.3 Å². The van der Waals surface area contributed by atoms with Crippen LogP contribution in [0.2, 0.25) is 0 Å². The highest BCUT2D eigenvalue weighted by atomic mass is 19.1. The van der Waals surface area contributed by atoms with E-state index in [9.17, 15) is 9.18 Å². The molecule has 3 rings (SSSR count). The van der Waals surface area contributed by atoms with Crippen molar-refractivity contribution in [2.24, 2.45) is 0 Å². The average Bonchev–Trinajstić information content (AvgIpc) is 2.76. The van der Waals surface area contributed by atoms with Gasteiger partial charge in [0, 0.05) is 22.2 Å². The molecule has 1 aromatic heterocycles. The van der Waals surface area contributed by atoms with E-state index in [1.54, 1.807) is 18.2 Å². The zero-order valence-corrected chi connectivity index (χ0v) is 11.8. The van der Waals surface area contributed by atoms with Crippen LogP contribution in [0.3, 0.4) is 0 Å². The van der Waals surface area contributed by atoms with E-state index in [1.807, 2.05) is 26.0 Å². The van der Waals surface area contributed by atoms with Crippen LogP contribution in [0.4, 0.5) is 10.1 Å². The van der Waals surface area contributed by atoms with Crippen molar-refractivity contribution < 1.29 is 9.18 Å². The fourth-order valence-corrected chi connectivity index (χ4v) is 2.36. The van der Waals surface area contributed by atoms with Crippen LogP contribution in [-0.2, 0) is 0 Å². The topological polar surface area (TPSA) is 44.9 Å². The second-order valence-corrected chi connectivity index (χ2v) is 5.07. The number of aromatic nitrogens is 1. The van der Waals surface area contributed by atoms with Crippen molar-refractivity contribution in [3.8, 4) is 0 Å². The molecular weight excluding hydrogens is 267 g/mol. The molecule has 0 radical (unpaired) electrons. The zero-order valence-electron chi connectivity index (χ0n) is 11.8. The molecule has 1 heterocycles. The quantitative estimate of drug-likeness (QED) is 0.727. The molecule has 1 amide bonds. The van der Waals surface area contributed by atoms with Gasteiger partial charge in [0.2, 0.25) is 0 Å². The highest BCUT2D eigenvalue weighted by molar-refractivity contribution is 6.06. The third kappa shape index (κ3) is 2.40. The maximum absolute atomic E-state index is 13.6. The van der Waals surface area contributed by atoms with Gasteiger partial charge >= 0.3 is 0 Å². The van der Waals surface area contributed by atoms with E-state index in [1.165, 1.54) is 12.1 Å². The van der Waals surface area contributed by atoms with E-state index in [4.69, 9.17) is 0 Å². The average molecular weight is 282 g/mol. The highest BCUT2D eigenvalue weighted by Crippen LogP contribution is 2.23. The van der Waals surface area contributed by atoms with Crippen molar-refractivity contribution >= 4 is 22.5 Å². The van der Waals surface area contributed by atoms with Gasteiger partial charge in [-0.05, 0) is 49.7 Å². The van der Waals surface area contributed by atoms with E-state index >= 15 is 0 Å². The molecule has 0 saturated carbocycles. The molecule has 0 fully saturated rings. The summed E-state index contributed by atoms with van der Waals surface area (Å²) < 4.78 is 13.6. The molecule has 3 aromatic rings. The molecular formula is C17H15FN2O. The number of benzene rings is 2. The Morgan fingerprint density at radius 3 is 2.67 bits per heavy atom. The second kappa shape index (κ2) is 5.05. The lowest BCUT2D eigenvalue weighted by Crippen LogP contribution is -2.12. The molecule has 0 aliphatic rings. The Hall–Kier alpha value is -2.62. The molecule has 0 saturated heterocycles. The fourth-order valence-electron chi connectivity index (χ4n) is 2.36. The molecule has 0 unspecified atom stereocenters. The molecule has 0 aliphatic carbocycles. The van der Waals surface area contributed by atoms with Crippen LogP contribution in [0.5, 0.6) is 0 Å². The van der Waals surface area contributed by atoms with Gasteiger partial charge in [-0.25, -0.2) is 4.39 Å². The van der Waals surface area contributed by atoms with E-state index in [0.29, 0.717) is 5.56 Å². The number of hydrogen-bond donors (Lipinski definition) is 2. The Labute approximate surface area is 121 Å². The summed E-state index contributed by atoms with van der Waals surface area (Å²) in [6, 6.07) is 11.5. The van der Waals surface area contributed by atoms with Gasteiger partial charge in [-0.1, -0.05) is 12.1 Å². The van der Waals surface area contributed by atoms with Crippen LogP contribution in [0, 0.1) is 19.7 Å². The smallest absolute Gasteiger partial charge is 0.255 e. The molecule has 4 heteroatoms. The first kappa shape index (κ1) is 13.4. The Bertz CT molecular complexity index is 836. The van der Waals surface area contributed by atoms with Gasteiger partial charge in [-0.2, -0.15) is 0 Å². The van der Waals surface area contributed by atoms with Crippen molar-refractivity contribution in [3.05, 3.63) is 65.1 Å². The third-order valence-corrected chi connectivity index (χ3v) is 3.69. The Kier molecular flexibility index (Phi) is 3.22. The van der Waals surface area contributed by atoms with Crippen LogP contribution >= 0.6 is 0 Å². The highest BCUT2D eigenvalue weighted by Gasteiger charge is 2.11. The van der Waals surface area contributed by atoms with Gasteiger partial charge in [0.15, 0.2) is 0 Å². The Balaban J connectivity index is 1.95. The molecule has 2 aromatic carbocycles. The standard InChI is InChI=1S/C17H15FN2O/c1-10-11(2)19-15-8-7-12(9-13(10)15)17(21)20-16-6-4-3-5-14(16)18/h3-9,19H,1-2H3,(H,20,21). The van der Waals surface area contributed by atoms with Crippen LogP contribution in [0.1, 0.15) is 21.6 Å². The lowest BCUT2D eigenvalue weighted by molar-refractivity contribution is 0.102. The lowest BCUT2D eigenvalue weighted by Gasteiger charge is -2.06. The molecule has 0 atom stereocenters. The number of H-pyrrole nitrogens is 1. The molecule has 2 N–H and O–H groups in total. The van der Waals surface area contributed by atoms with Gasteiger partial charge in [0.05, 0.1) is 5.69 Å². The summed E-state index contributed by atoms with van der Waals surface area (Å²) in [4.78, 5) is 15.5. The summed E-state index contributed by atoms with van der Waals surface area (Å²) >= 11 is 0. The largest absolute Gasteiger partial charge is 0.358 e. The maximum atomic E-state index is 13.6. The van der Waals surface area contributed by atoms with E-state index in [0.717, 1.165) is 22.2 Å². The summed E-state index contributed by atoms with van der Waals surface area (Å²) in [6.07, 6.45) is 0. The Morgan fingerprint density at radius 2 is 1.90 bits per heavy atom. The van der Waals surface area contributed by atoms with Gasteiger partial charge in [-0.3, -0.25) is 4.79 Å². The first-order valence-corrected chi connectivity index (χ1v) is 6.71. The third-order valence-electron chi connectivity index (χ3n) is 3.69. The minimum Gasteiger partial charge on any atom is -0.358 e. The number of hydrogen-bond acceptors (Lipinski definition) is 1. The van der Waals surface area contributed by atoms with E-state index in [-0.39, 0.29) is 11.6 Å². The lowest BCUT2D eigenvalue weighted by atomic mass is 10.1. The van der Waals surface area contributed by atoms with Gasteiger partial charge in [0.1, 0.15) is 5.82 Å². The van der Waals surface area contributed by atoms with Crippen molar-refractivity contribution in [2.75, 3.05) is 5.32 Å². The first-order chi connectivity index (χ1) is 10.1. The minimum atomic E-state index is -0.444. The monoisotopic (exact) mass is 282 g/mol. The summed E-state index contributed by atoms with van der Waals surface area (Å²) in [5.74, 6) is -0.763. The SMILES string of the molecule is Cc1[nH]c2ccc(C(=O)Nc3ccccc3F)cc2c1C. The second-order valence-electron chi connectivity index (χ2n) is 5.07. The number of carbonyl (C=O) groups excluding carboxylic acids is 1. The summed E-state index contributed by atoms with van der Waals surface area (Å²) in [5, 5.41) is 3.60. The summed E-state index contributed by atoms with van der Waals surface area (Å²) in [5.41, 5.74) is 3.88.